The lowest BCUT2D eigenvalue weighted by molar-refractivity contribution is -0.0819. The third kappa shape index (κ3) is 1.41. The van der Waals surface area contributed by atoms with Crippen LogP contribution in [0.1, 0.15) is 39.2 Å². The van der Waals surface area contributed by atoms with E-state index in [-0.39, 0.29) is 5.41 Å². The lowest BCUT2D eigenvalue weighted by atomic mass is 9.50. The van der Waals surface area contributed by atoms with E-state index >= 15 is 0 Å². The first kappa shape index (κ1) is 10.7. The SMILES string of the molecule is CC1CCC1(c1ccccc1)C(C)(C)O. The van der Waals surface area contributed by atoms with Crippen molar-refractivity contribution in [3.05, 3.63) is 35.9 Å². The molecule has 0 aliphatic heterocycles. The third-order valence-corrected chi connectivity index (χ3v) is 4.19. The first-order valence-corrected chi connectivity index (χ1v) is 5.76. The molecule has 2 unspecified atom stereocenters. The molecule has 0 saturated heterocycles. The summed E-state index contributed by atoms with van der Waals surface area (Å²) < 4.78 is 0. The molecule has 0 radical (unpaired) electrons. The van der Waals surface area contributed by atoms with Gasteiger partial charge in [-0.3, -0.25) is 0 Å². The van der Waals surface area contributed by atoms with Crippen molar-refractivity contribution in [2.24, 2.45) is 5.92 Å². The fourth-order valence-corrected chi connectivity index (χ4v) is 3.15. The Morgan fingerprint density at radius 2 is 1.87 bits per heavy atom. The predicted octanol–water partition coefficient (Wildman–Crippen LogP) is 3.13. The van der Waals surface area contributed by atoms with Gasteiger partial charge in [-0.05, 0) is 38.2 Å². The highest BCUT2D eigenvalue weighted by Crippen LogP contribution is 2.54. The number of aliphatic hydroxyl groups is 1. The summed E-state index contributed by atoms with van der Waals surface area (Å²) >= 11 is 0. The van der Waals surface area contributed by atoms with Gasteiger partial charge in [-0.2, -0.15) is 0 Å². The van der Waals surface area contributed by atoms with E-state index < -0.39 is 5.60 Å². The van der Waals surface area contributed by atoms with Crippen molar-refractivity contribution in [3.8, 4) is 0 Å². The van der Waals surface area contributed by atoms with Crippen molar-refractivity contribution in [3.63, 3.8) is 0 Å². The molecule has 15 heavy (non-hydrogen) atoms. The number of hydrogen-bond donors (Lipinski definition) is 1. The molecule has 0 bridgehead atoms. The summed E-state index contributed by atoms with van der Waals surface area (Å²) in [6, 6.07) is 10.5. The highest BCUT2D eigenvalue weighted by Gasteiger charge is 2.54. The van der Waals surface area contributed by atoms with Crippen LogP contribution in [-0.2, 0) is 5.41 Å². The molecule has 2 rings (SSSR count). The molecule has 1 heteroatoms. The van der Waals surface area contributed by atoms with Gasteiger partial charge in [-0.25, -0.2) is 0 Å². The van der Waals surface area contributed by atoms with E-state index in [4.69, 9.17) is 0 Å². The molecule has 1 N–H and O–H groups in total. The number of benzene rings is 1. The predicted molar refractivity (Wildman–Crippen MR) is 62.8 cm³/mol. The van der Waals surface area contributed by atoms with Crippen LogP contribution in [0.15, 0.2) is 30.3 Å². The van der Waals surface area contributed by atoms with Gasteiger partial charge >= 0.3 is 0 Å². The Labute approximate surface area is 92.1 Å². The second-order valence-corrected chi connectivity index (χ2v) is 5.34. The Kier molecular flexibility index (Phi) is 2.38. The van der Waals surface area contributed by atoms with Gasteiger partial charge in [0.05, 0.1) is 5.60 Å². The van der Waals surface area contributed by atoms with Gasteiger partial charge in [0.25, 0.3) is 0 Å². The van der Waals surface area contributed by atoms with Crippen molar-refractivity contribution in [1.82, 2.24) is 0 Å². The Morgan fingerprint density at radius 3 is 2.20 bits per heavy atom. The van der Waals surface area contributed by atoms with Crippen LogP contribution >= 0.6 is 0 Å². The average molecular weight is 204 g/mol. The molecule has 0 spiro atoms. The molecular formula is C14H20O. The van der Waals surface area contributed by atoms with E-state index in [0.717, 1.165) is 6.42 Å². The second-order valence-electron chi connectivity index (χ2n) is 5.34. The van der Waals surface area contributed by atoms with Crippen molar-refractivity contribution in [2.75, 3.05) is 0 Å². The van der Waals surface area contributed by atoms with Gasteiger partial charge < -0.3 is 5.11 Å². The van der Waals surface area contributed by atoms with E-state index in [0.29, 0.717) is 5.92 Å². The largest absolute Gasteiger partial charge is 0.390 e. The van der Waals surface area contributed by atoms with Crippen molar-refractivity contribution < 1.29 is 5.11 Å². The van der Waals surface area contributed by atoms with Crippen molar-refractivity contribution in [2.45, 2.75) is 44.6 Å². The minimum Gasteiger partial charge on any atom is -0.390 e. The molecule has 1 fully saturated rings. The summed E-state index contributed by atoms with van der Waals surface area (Å²) in [6.45, 7) is 6.12. The zero-order valence-corrected chi connectivity index (χ0v) is 9.83. The van der Waals surface area contributed by atoms with Gasteiger partial charge in [0.2, 0.25) is 0 Å². The molecule has 0 heterocycles. The molecule has 2 atom stereocenters. The second kappa shape index (κ2) is 3.34. The highest BCUT2D eigenvalue weighted by atomic mass is 16.3. The van der Waals surface area contributed by atoms with E-state index in [1.165, 1.54) is 12.0 Å². The van der Waals surface area contributed by atoms with Gasteiger partial charge in [-0.15, -0.1) is 0 Å². The van der Waals surface area contributed by atoms with Crippen molar-refractivity contribution >= 4 is 0 Å². The highest BCUT2D eigenvalue weighted by molar-refractivity contribution is 5.33. The monoisotopic (exact) mass is 204 g/mol. The smallest absolute Gasteiger partial charge is 0.0690 e. The zero-order chi connectivity index (χ0) is 11.1. The summed E-state index contributed by atoms with van der Waals surface area (Å²) in [5.41, 5.74) is 0.622. The van der Waals surface area contributed by atoms with Crippen LogP contribution in [0.3, 0.4) is 0 Å². The van der Waals surface area contributed by atoms with Crippen LogP contribution in [0.2, 0.25) is 0 Å². The Balaban J connectivity index is 2.46. The maximum absolute atomic E-state index is 10.4. The van der Waals surface area contributed by atoms with Gasteiger partial charge in [-0.1, -0.05) is 37.3 Å². The van der Waals surface area contributed by atoms with Gasteiger partial charge in [0.1, 0.15) is 0 Å². The molecule has 0 aromatic heterocycles. The minimum atomic E-state index is -0.633. The molecule has 1 nitrogen and oxygen atoms in total. The quantitative estimate of drug-likeness (QED) is 0.784. The molecule has 0 amide bonds. The van der Waals surface area contributed by atoms with E-state index in [2.05, 4.69) is 31.2 Å². The summed E-state index contributed by atoms with van der Waals surface area (Å²) in [4.78, 5) is 0. The Hall–Kier alpha value is -0.820. The summed E-state index contributed by atoms with van der Waals surface area (Å²) in [6.07, 6.45) is 2.32. The van der Waals surface area contributed by atoms with E-state index in [1.807, 2.05) is 19.9 Å². The van der Waals surface area contributed by atoms with E-state index in [9.17, 15) is 5.11 Å². The van der Waals surface area contributed by atoms with Gasteiger partial charge in [0.15, 0.2) is 0 Å². The number of hydrogen-bond acceptors (Lipinski definition) is 1. The maximum Gasteiger partial charge on any atom is 0.0690 e. The molecule has 82 valence electrons. The first-order valence-electron chi connectivity index (χ1n) is 5.76. The standard InChI is InChI=1S/C14H20O/c1-11-9-10-14(11,13(2,3)15)12-7-5-4-6-8-12/h4-8,11,15H,9-10H2,1-3H3. The topological polar surface area (TPSA) is 20.2 Å². The first-order chi connectivity index (χ1) is 6.98. The van der Waals surface area contributed by atoms with Crippen LogP contribution in [-0.4, -0.2) is 10.7 Å². The summed E-state index contributed by atoms with van der Waals surface area (Å²) in [5, 5.41) is 10.4. The molecule has 1 saturated carbocycles. The molecule has 1 aliphatic carbocycles. The molecule has 1 aromatic rings. The molecule has 1 aliphatic rings. The van der Waals surface area contributed by atoms with Crippen LogP contribution in [0.5, 0.6) is 0 Å². The summed E-state index contributed by atoms with van der Waals surface area (Å²) in [5.74, 6) is 0.569. The Morgan fingerprint density at radius 1 is 1.27 bits per heavy atom. The minimum absolute atomic E-state index is 0.0335. The maximum atomic E-state index is 10.4. The van der Waals surface area contributed by atoms with Crippen molar-refractivity contribution in [1.29, 1.82) is 0 Å². The van der Waals surface area contributed by atoms with Crippen LogP contribution in [0.4, 0.5) is 0 Å². The van der Waals surface area contributed by atoms with E-state index in [1.54, 1.807) is 0 Å². The summed E-state index contributed by atoms with van der Waals surface area (Å²) in [7, 11) is 0. The fraction of sp³-hybridized carbons (Fsp3) is 0.571. The zero-order valence-electron chi connectivity index (χ0n) is 9.83. The lowest BCUT2D eigenvalue weighted by Crippen LogP contribution is -2.57. The van der Waals surface area contributed by atoms with Crippen LogP contribution in [0.25, 0.3) is 0 Å². The van der Waals surface area contributed by atoms with Crippen LogP contribution < -0.4 is 0 Å². The third-order valence-electron chi connectivity index (χ3n) is 4.19. The lowest BCUT2D eigenvalue weighted by Gasteiger charge is -2.56. The Bertz CT molecular complexity index is 336. The van der Waals surface area contributed by atoms with Crippen LogP contribution in [0, 0.1) is 5.92 Å². The molecule has 1 aromatic carbocycles. The number of rotatable bonds is 2. The normalized spacial score (nSPS) is 31.1. The fourth-order valence-electron chi connectivity index (χ4n) is 3.15. The van der Waals surface area contributed by atoms with Gasteiger partial charge in [0, 0.05) is 5.41 Å². The average Bonchev–Trinajstić information content (AvgIpc) is 2.15. The molecular weight excluding hydrogens is 184 g/mol.